The van der Waals surface area contributed by atoms with Crippen LogP contribution in [0.15, 0.2) is 97.2 Å². The van der Waals surface area contributed by atoms with Crippen LogP contribution in [-0.4, -0.2) is 65.7 Å². The lowest BCUT2D eigenvalue weighted by molar-refractivity contribution is -0.161. The number of unbranched alkanes of at least 4 members (excludes halogenated alkanes) is 6. The lowest BCUT2D eigenvalue weighted by Crippen LogP contribution is -2.29. The number of rotatable bonds is 36. The molecule has 0 aromatic carbocycles. The molecule has 3 atom stereocenters. The second-order valence-corrected chi connectivity index (χ2v) is 14.4. The van der Waals surface area contributed by atoms with Gasteiger partial charge in [-0.1, -0.05) is 124 Å². The van der Waals surface area contributed by atoms with Gasteiger partial charge in [-0.3, -0.25) is 18.6 Å². The van der Waals surface area contributed by atoms with Crippen molar-refractivity contribution in [2.75, 3.05) is 26.4 Å². The van der Waals surface area contributed by atoms with E-state index in [4.69, 9.17) is 19.1 Å². The van der Waals surface area contributed by atoms with Crippen molar-refractivity contribution in [3.8, 4) is 0 Å². The second-order valence-electron chi connectivity index (χ2n) is 12.9. The van der Waals surface area contributed by atoms with Gasteiger partial charge in [-0.25, -0.2) is 4.57 Å². The molecular weight excluding hydrogens is 719 g/mol. The fourth-order valence-electron chi connectivity index (χ4n) is 4.62. The molecule has 0 radical (unpaired) electrons. The number of phosphoric ester groups is 1. The third-order valence-electron chi connectivity index (χ3n) is 7.72. The number of aliphatic hydroxyl groups excluding tert-OH is 2. The Bertz CT molecular complexity index is 1230. The summed E-state index contributed by atoms with van der Waals surface area (Å²) in [5.41, 5.74) is 0. The largest absolute Gasteiger partial charge is 0.472 e. The van der Waals surface area contributed by atoms with E-state index in [1.165, 1.54) is 19.3 Å². The zero-order chi connectivity index (χ0) is 40.5. The summed E-state index contributed by atoms with van der Waals surface area (Å²) in [5.74, 6) is -1.05. The first-order valence-corrected chi connectivity index (χ1v) is 21.7. The normalized spacial score (nSPS) is 14.9. The monoisotopic (exact) mass is 790 g/mol. The number of phosphoric acid groups is 1. The van der Waals surface area contributed by atoms with Crippen molar-refractivity contribution in [1.29, 1.82) is 0 Å². The Labute approximate surface area is 332 Å². The molecular formula is C44H71O10P. The third kappa shape index (κ3) is 38.9. The minimum Gasteiger partial charge on any atom is -0.462 e. The quantitative estimate of drug-likeness (QED) is 0.0242. The first kappa shape index (κ1) is 51.9. The highest BCUT2D eigenvalue weighted by Gasteiger charge is 2.27. The fourth-order valence-corrected chi connectivity index (χ4v) is 5.41. The van der Waals surface area contributed by atoms with Crippen LogP contribution in [0.1, 0.15) is 129 Å². The highest BCUT2D eigenvalue weighted by molar-refractivity contribution is 7.47. The number of carbonyl (C=O) groups is 2. The molecule has 0 aliphatic heterocycles. The standard InChI is InChI=1S/C44H71O10P/c1-3-5-7-9-11-13-15-17-19-20-22-24-26-28-30-32-34-36-44(48)54-42(40-53-55(49,50)52-38-41(46)37-45)39-51-43(47)35-33-31-29-27-25-23-21-18-16-14-12-10-8-6-4-2/h6,8,11-14,17-19,21-22,24-25,27-28,30,41-42,45-46H,3-5,7,9-10,15-16,20,23,26,29,31-40H2,1-2H3,(H,49,50)/b8-6+,13-11+,14-12+,19-17+,21-18+,24-22+,27-25+,30-28+/t41-,42+/m0/s1. The van der Waals surface area contributed by atoms with Crippen LogP contribution >= 0.6 is 7.82 Å². The summed E-state index contributed by atoms with van der Waals surface area (Å²) in [6.07, 6.45) is 46.7. The molecule has 0 saturated carbocycles. The van der Waals surface area contributed by atoms with Crippen LogP contribution in [0.2, 0.25) is 0 Å². The summed E-state index contributed by atoms with van der Waals surface area (Å²) in [4.78, 5) is 34.9. The fraction of sp³-hybridized carbons (Fsp3) is 0.591. The molecule has 0 amide bonds. The smallest absolute Gasteiger partial charge is 0.462 e. The van der Waals surface area contributed by atoms with Crippen LogP contribution in [0, 0.1) is 0 Å². The molecule has 3 N–H and O–H groups in total. The zero-order valence-electron chi connectivity index (χ0n) is 33.6. The maximum Gasteiger partial charge on any atom is 0.472 e. The molecule has 0 heterocycles. The molecule has 0 fully saturated rings. The van der Waals surface area contributed by atoms with Gasteiger partial charge in [0.15, 0.2) is 6.10 Å². The van der Waals surface area contributed by atoms with Crippen LogP contribution in [0.25, 0.3) is 0 Å². The number of esters is 2. The summed E-state index contributed by atoms with van der Waals surface area (Å²) in [6, 6.07) is 0. The van der Waals surface area contributed by atoms with Gasteiger partial charge in [0.05, 0.1) is 19.8 Å². The Balaban J connectivity index is 4.54. The predicted octanol–water partition coefficient (Wildman–Crippen LogP) is 10.4. The minimum atomic E-state index is -4.65. The molecule has 0 saturated heterocycles. The van der Waals surface area contributed by atoms with Crippen molar-refractivity contribution < 1.29 is 47.8 Å². The SMILES string of the molecule is CC/C=C/C/C=C/C/C=C/C/C=C/CCCCC(=O)OC[C@H](COP(=O)(O)OC[C@@H](O)CO)OC(=O)CCC/C=C/C/C=C/C/C=C/C/C=C/CCCCC. The number of hydrogen-bond donors (Lipinski definition) is 3. The number of aliphatic hydroxyl groups is 2. The molecule has 0 aromatic rings. The third-order valence-corrected chi connectivity index (χ3v) is 8.67. The lowest BCUT2D eigenvalue weighted by Gasteiger charge is -2.20. The van der Waals surface area contributed by atoms with E-state index in [1.54, 1.807) is 0 Å². The van der Waals surface area contributed by atoms with Gasteiger partial charge in [-0.15, -0.1) is 0 Å². The number of carbonyl (C=O) groups excluding carboxylic acids is 2. The average Bonchev–Trinajstić information content (AvgIpc) is 3.17. The van der Waals surface area contributed by atoms with Crippen molar-refractivity contribution in [3.63, 3.8) is 0 Å². The van der Waals surface area contributed by atoms with Crippen molar-refractivity contribution in [1.82, 2.24) is 0 Å². The van der Waals surface area contributed by atoms with E-state index >= 15 is 0 Å². The summed E-state index contributed by atoms with van der Waals surface area (Å²) < 4.78 is 32.5. The van der Waals surface area contributed by atoms with E-state index in [9.17, 15) is 24.2 Å². The summed E-state index contributed by atoms with van der Waals surface area (Å²) >= 11 is 0. The van der Waals surface area contributed by atoms with Crippen LogP contribution in [0.5, 0.6) is 0 Å². The molecule has 1 unspecified atom stereocenters. The molecule has 10 nitrogen and oxygen atoms in total. The molecule has 11 heteroatoms. The van der Waals surface area contributed by atoms with Gasteiger partial charge in [-0.2, -0.15) is 0 Å². The average molecular weight is 791 g/mol. The van der Waals surface area contributed by atoms with Gasteiger partial charge in [0, 0.05) is 12.8 Å². The van der Waals surface area contributed by atoms with Gasteiger partial charge in [0.1, 0.15) is 12.7 Å². The van der Waals surface area contributed by atoms with Crippen LogP contribution in [-0.2, 0) is 32.7 Å². The van der Waals surface area contributed by atoms with E-state index in [1.807, 2.05) is 12.2 Å². The first-order valence-electron chi connectivity index (χ1n) is 20.2. The molecule has 0 aliphatic rings. The second kappa shape index (κ2) is 39.1. The van der Waals surface area contributed by atoms with E-state index in [-0.39, 0.29) is 19.4 Å². The van der Waals surface area contributed by atoms with Crippen LogP contribution in [0.4, 0.5) is 0 Å². The summed E-state index contributed by atoms with van der Waals surface area (Å²) in [7, 11) is -4.65. The molecule has 0 aliphatic carbocycles. The Morgan fingerprint density at radius 1 is 0.564 bits per heavy atom. The first-order chi connectivity index (χ1) is 26.7. The molecule has 0 rings (SSSR count). The topological polar surface area (TPSA) is 149 Å². The number of allylic oxidation sites excluding steroid dienone is 16. The number of hydrogen-bond acceptors (Lipinski definition) is 9. The maximum atomic E-state index is 12.6. The zero-order valence-corrected chi connectivity index (χ0v) is 34.5. The Hall–Kier alpha value is -3.11. The van der Waals surface area contributed by atoms with Gasteiger partial charge >= 0.3 is 19.8 Å². The van der Waals surface area contributed by atoms with E-state index in [2.05, 4.69) is 103 Å². The predicted molar refractivity (Wildman–Crippen MR) is 223 cm³/mol. The molecule has 0 aromatic heterocycles. The summed E-state index contributed by atoms with van der Waals surface area (Å²) in [5, 5.41) is 18.3. The van der Waals surface area contributed by atoms with Gasteiger partial charge in [0.2, 0.25) is 0 Å². The van der Waals surface area contributed by atoms with E-state index in [0.717, 1.165) is 64.2 Å². The van der Waals surface area contributed by atoms with E-state index in [0.29, 0.717) is 19.3 Å². The van der Waals surface area contributed by atoms with Gasteiger partial charge < -0.3 is 24.6 Å². The van der Waals surface area contributed by atoms with Crippen molar-refractivity contribution in [3.05, 3.63) is 97.2 Å². The molecule has 0 spiro atoms. The molecule has 312 valence electrons. The number of ether oxygens (including phenoxy) is 2. The van der Waals surface area contributed by atoms with Gasteiger partial charge in [0.25, 0.3) is 0 Å². The maximum absolute atomic E-state index is 12.6. The van der Waals surface area contributed by atoms with Crippen molar-refractivity contribution >= 4 is 19.8 Å². The molecule has 0 bridgehead atoms. The minimum absolute atomic E-state index is 0.0930. The summed E-state index contributed by atoms with van der Waals surface area (Å²) in [6.45, 7) is 2.09. The van der Waals surface area contributed by atoms with Crippen LogP contribution < -0.4 is 0 Å². The Morgan fingerprint density at radius 2 is 1.00 bits per heavy atom. The van der Waals surface area contributed by atoms with E-state index < -0.39 is 51.8 Å². The van der Waals surface area contributed by atoms with Crippen LogP contribution in [0.3, 0.4) is 0 Å². The highest BCUT2D eigenvalue weighted by atomic mass is 31.2. The molecule has 55 heavy (non-hydrogen) atoms. The van der Waals surface area contributed by atoms with Crippen molar-refractivity contribution in [2.24, 2.45) is 0 Å². The van der Waals surface area contributed by atoms with Gasteiger partial charge in [-0.05, 0) is 89.9 Å². The van der Waals surface area contributed by atoms with Crippen molar-refractivity contribution in [2.45, 2.75) is 142 Å². The lowest BCUT2D eigenvalue weighted by atomic mass is 10.2. The Kier molecular flexibility index (Phi) is 36.9. The highest BCUT2D eigenvalue weighted by Crippen LogP contribution is 2.43. The Morgan fingerprint density at radius 3 is 1.49 bits per heavy atom.